The van der Waals surface area contributed by atoms with Crippen LogP contribution in [-0.2, 0) is 40.6 Å². The van der Waals surface area contributed by atoms with Crippen molar-refractivity contribution < 1.29 is 23.3 Å². The molecule has 0 radical (unpaired) electrons. The van der Waals surface area contributed by atoms with Crippen LogP contribution in [-0.4, -0.2) is 6.88 Å². The van der Waals surface area contributed by atoms with Gasteiger partial charge in [-0.25, -0.2) is 12.2 Å². The molecule has 2 aromatic rings. The molecule has 0 nitrogen and oxygen atoms in total. The molecule has 0 N–H and O–H groups in total. The summed E-state index contributed by atoms with van der Waals surface area (Å²) in [6.45, 7) is 31.1. The van der Waals surface area contributed by atoms with Crippen molar-refractivity contribution in [2.45, 2.75) is 92.9 Å². The van der Waals surface area contributed by atoms with Crippen molar-refractivity contribution in [3.63, 3.8) is 0 Å². The summed E-state index contributed by atoms with van der Waals surface area (Å²) < 4.78 is 0. The molecular weight excluding hydrogens is 528 g/mol. The average Bonchev–Trinajstić information content (AvgIpc) is 3.44. The van der Waals surface area contributed by atoms with Crippen LogP contribution >= 0.6 is 0 Å². The first kappa shape index (κ1) is 35.0. The van der Waals surface area contributed by atoms with Crippen LogP contribution in [0.3, 0.4) is 0 Å². The molecule has 0 heterocycles. The number of hydrogen-bond acceptors (Lipinski definition) is 0. The molecule has 2 aliphatic rings. The minimum atomic E-state index is 0.167. The molecule has 0 fully saturated rings. The van der Waals surface area contributed by atoms with Gasteiger partial charge in [0.1, 0.15) is 0 Å². The zero-order valence-electron chi connectivity index (χ0n) is 24.8. The van der Waals surface area contributed by atoms with Crippen molar-refractivity contribution in [2.75, 3.05) is 0 Å². The molecule has 4 rings (SSSR count). The minimum absolute atomic E-state index is 0.167. The molecule has 36 heavy (non-hydrogen) atoms. The van der Waals surface area contributed by atoms with Gasteiger partial charge in [0.15, 0.2) is 0 Å². The molecule has 0 amide bonds. The number of hydrogen-bond donors (Lipinski definition) is 0. The first-order chi connectivity index (χ1) is 16.6. The van der Waals surface area contributed by atoms with Gasteiger partial charge in [-0.2, -0.15) is 41.7 Å². The van der Waals surface area contributed by atoms with Crippen molar-refractivity contribution in [3.05, 3.63) is 96.8 Å². The Bertz CT molecular complexity index is 883. The van der Waals surface area contributed by atoms with Gasteiger partial charge in [-0.05, 0) is 28.4 Å². The maximum atomic E-state index is 3.67. The third kappa shape index (κ3) is 13.5. The van der Waals surface area contributed by atoms with Gasteiger partial charge >= 0.3 is 30.2 Å². The van der Waals surface area contributed by atoms with Gasteiger partial charge in [0.05, 0.1) is 0 Å². The van der Waals surface area contributed by atoms with Gasteiger partial charge in [-0.3, -0.25) is 6.08 Å². The molecule has 0 aliphatic heterocycles. The molecular formula is C34H50SiZr-4. The Hall–Kier alpha value is -0.980. The third-order valence-electron chi connectivity index (χ3n) is 5.05. The van der Waals surface area contributed by atoms with Crippen LogP contribution in [0.4, 0.5) is 0 Å². The van der Waals surface area contributed by atoms with E-state index in [-0.39, 0.29) is 10.8 Å². The second-order valence-corrected chi connectivity index (χ2v) is 12.1. The van der Waals surface area contributed by atoms with Gasteiger partial charge < -0.3 is 13.8 Å². The third-order valence-corrected chi connectivity index (χ3v) is 5.05. The Labute approximate surface area is 241 Å². The van der Waals surface area contributed by atoms with E-state index in [1.807, 2.05) is 19.0 Å². The van der Waals surface area contributed by atoms with Crippen LogP contribution in [0.5, 0.6) is 0 Å². The second kappa shape index (κ2) is 16.8. The van der Waals surface area contributed by atoms with Crippen molar-refractivity contribution in [2.24, 2.45) is 11.8 Å². The Morgan fingerprint density at radius 2 is 1.36 bits per heavy atom. The van der Waals surface area contributed by atoms with Crippen LogP contribution in [0.2, 0.25) is 0 Å². The van der Waals surface area contributed by atoms with Gasteiger partial charge in [-0.15, -0.1) is 17.5 Å². The molecule has 2 heteroatoms. The normalized spacial score (nSPS) is 12.7. The van der Waals surface area contributed by atoms with Crippen LogP contribution in [0.1, 0.15) is 97.9 Å². The standard InChI is InChI=1S/C21H25.C5H5.2C4H9.H2Si.Zr/c1-20(2,3)16-7-9-18-14(12-16)11-15-13-17(21(4,5)6)8-10-19(15)18;1-2-4-5-3-1;2*1-4(2)3;;/h7-10,12H,11H2,1-6H3;1-3H,4H2;2*4H,1H2,2-3H3;1H2;/q4*-1;;. The van der Waals surface area contributed by atoms with Crippen LogP contribution < -0.4 is 0 Å². The van der Waals surface area contributed by atoms with E-state index in [9.17, 15) is 0 Å². The fourth-order valence-electron chi connectivity index (χ4n) is 3.37. The first-order valence-corrected chi connectivity index (χ1v) is 19.0. The van der Waals surface area contributed by atoms with Crippen LogP contribution in [0.25, 0.3) is 11.1 Å². The fourth-order valence-corrected chi connectivity index (χ4v) is 3.37. The van der Waals surface area contributed by atoms with E-state index >= 15 is 0 Å². The molecule has 198 valence electrons. The summed E-state index contributed by atoms with van der Waals surface area (Å²) in [6.07, 6.45) is 11.0. The van der Waals surface area contributed by atoms with Crippen molar-refractivity contribution in [1.82, 2.24) is 0 Å². The molecule has 0 saturated heterocycles. The second-order valence-electron chi connectivity index (χ2n) is 12.1. The molecule has 0 spiro atoms. The van der Waals surface area contributed by atoms with Gasteiger partial charge in [0.25, 0.3) is 0 Å². The Kier molecular flexibility index (Phi) is 16.3. The Morgan fingerprint density at radius 1 is 0.833 bits per heavy atom. The topological polar surface area (TPSA) is 0 Å². The number of fused-ring (bicyclic) bond motifs is 3. The van der Waals surface area contributed by atoms with E-state index in [1.54, 1.807) is 23.3 Å². The van der Waals surface area contributed by atoms with Crippen molar-refractivity contribution >= 4 is 6.88 Å². The summed E-state index contributed by atoms with van der Waals surface area (Å²) in [5, 5.41) is 0. The monoisotopic (exact) mass is 576 g/mol. The van der Waals surface area contributed by atoms with E-state index < -0.39 is 0 Å². The molecule has 0 aromatic heterocycles. The quantitative estimate of drug-likeness (QED) is 0.185. The van der Waals surface area contributed by atoms with E-state index in [4.69, 9.17) is 0 Å². The maximum absolute atomic E-state index is 3.67. The average molecular weight is 578 g/mol. The summed E-state index contributed by atoms with van der Waals surface area (Å²) >= 11 is 1.58. The van der Waals surface area contributed by atoms with E-state index in [1.165, 1.54) is 33.4 Å². The predicted molar refractivity (Wildman–Crippen MR) is 161 cm³/mol. The van der Waals surface area contributed by atoms with Crippen molar-refractivity contribution in [1.29, 1.82) is 0 Å². The molecule has 2 aliphatic carbocycles. The Balaban J connectivity index is 0.000000669. The number of rotatable bonds is 0. The summed E-state index contributed by atoms with van der Waals surface area (Å²) in [4.78, 5) is 0. The van der Waals surface area contributed by atoms with E-state index in [0.717, 1.165) is 12.8 Å². The zero-order valence-corrected chi connectivity index (χ0v) is 28.7. The summed E-state index contributed by atoms with van der Waals surface area (Å²) in [5.41, 5.74) is 8.70. The Morgan fingerprint density at radius 3 is 1.75 bits per heavy atom. The summed E-state index contributed by atoms with van der Waals surface area (Å²) in [5.74, 6) is 1.17. The predicted octanol–water partition coefficient (Wildman–Crippen LogP) is 8.99. The van der Waals surface area contributed by atoms with E-state index in [0.29, 0.717) is 11.8 Å². The number of allylic oxidation sites excluding steroid dienone is 4. The molecule has 0 unspecified atom stereocenters. The summed E-state index contributed by atoms with van der Waals surface area (Å²) in [6, 6.07) is 15.2. The van der Waals surface area contributed by atoms with Gasteiger partial charge in [0.2, 0.25) is 0 Å². The van der Waals surface area contributed by atoms with Gasteiger partial charge in [-0.1, -0.05) is 93.0 Å². The molecule has 2 aromatic carbocycles. The fraction of sp³-hybridized carbons (Fsp3) is 0.471. The van der Waals surface area contributed by atoms with Crippen molar-refractivity contribution in [3.8, 4) is 11.1 Å². The van der Waals surface area contributed by atoms with Gasteiger partial charge in [0, 0.05) is 0 Å². The zero-order chi connectivity index (χ0) is 28.1. The van der Waals surface area contributed by atoms with E-state index in [2.05, 4.69) is 132 Å². The molecule has 0 atom stereocenters. The first-order valence-electron chi connectivity index (χ1n) is 13.1. The molecule has 0 bridgehead atoms. The summed E-state index contributed by atoms with van der Waals surface area (Å²) in [7, 11) is 0. The number of benzene rings is 2. The van der Waals surface area contributed by atoms with Crippen LogP contribution in [0.15, 0.2) is 48.6 Å². The molecule has 0 saturated carbocycles. The van der Waals surface area contributed by atoms with Crippen LogP contribution in [0, 0.1) is 37.8 Å². The SMILES string of the molecule is CC(C)(C)c1[c-]c2c(cc1)-c1ccc(C(C)(C)C)cc1C2.[C-]1=CC=CC1.[CH2-]C(C)C.[CH2-]C(C)C.[SiH2]=[Zr].